The highest BCUT2D eigenvalue weighted by molar-refractivity contribution is 7.10. The molecule has 2 aromatic rings. The molecule has 2 heteroatoms. The van der Waals surface area contributed by atoms with Crippen LogP contribution in [0, 0.1) is 0 Å². The molecule has 1 aliphatic rings. The van der Waals surface area contributed by atoms with Gasteiger partial charge >= 0.3 is 0 Å². The smallest absolute Gasteiger partial charge is 0.0673 e. The van der Waals surface area contributed by atoms with Crippen molar-refractivity contribution in [2.45, 2.75) is 12.5 Å². The molecule has 2 heterocycles. The van der Waals surface area contributed by atoms with Crippen LogP contribution in [0.3, 0.4) is 0 Å². The van der Waals surface area contributed by atoms with Gasteiger partial charge in [0.2, 0.25) is 0 Å². The maximum Gasteiger partial charge on any atom is 0.0673 e. The first-order chi connectivity index (χ1) is 7.45. The van der Waals surface area contributed by atoms with E-state index in [1.807, 2.05) is 11.3 Å². The van der Waals surface area contributed by atoms with Crippen molar-refractivity contribution in [1.82, 2.24) is 5.32 Å². The Hall–Kier alpha value is -1.12. The lowest BCUT2D eigenvalue weighted by Gasteiger charge is -2.24. The van der Waals surface area contributed by atoms with Gasteiger partial charge in [-0.15, -0.1) is 11.3 Å². The Kier molecular flexibility index (Phi) is 2.31. The first kappa shape index (κ1) is 9.13. The summed E-state index contributed by atoms with van der Waals surface area (Å²) < 4.78 is 0. The highest BCUT2D eigenvalue weighted by atomic mass is 32.1. The van der Waals surface area contributed by atoms with E-state index in [4.69, 9.17) is 0 Å². The Morgan fingerprint density at radius 2 is 2.00 bits per heavy atom. The molecule has 0 amide bonds. The van der Waals surface area contributed by atoms with E-state index in [-0.39, 0.29) is 0 Å². The molecule has 1 aliphatic heterocycles. The van der Waals surface area contributed by atoms with Gasteiger partial charge in [0.1, 0.15) is 0 Å². The predicted octanol–water partition coefficient (Wildman–Crippen LogP) is 2.98. The maximum atomic E-state index is 3.59. The lowest BCUT2D eigenvalue weighted by Crippen LogP contribution is -2.29. The Balaban J connectivity index is 2.03. The highest BCUT2D eigenvalue weighted by Crippen LogP contribution is 2.32. The van der Waals surface area contributed by atoms with Crippen molar-refractivity contribution in [3.8, 4) is 0 Å². The second-order valence-corrected chi connectivity index (χ2v) is 4.81. The van der Waals surface area contributed by atoms with Crippen LogP contribution in [0.15, 0.2) is 41.8 Å². The molecule has 1 N–H and O–H groups in total. The van der Waals surface area contributed by atoms with Crippen LogP contribution in [0.1, 0.15) is 22.0 Å². The summed E-state index contributed by atoms with van der Waals surface area (Å²) in [7, 11) is 0. The lowest BCUT2D eigenvalue weighted by atomic mass is 9.98. The SMILES string of the molecule is c1ccc([C@H]2NCCc3ccsc32)cc1. The first-order valence-corrected chi connectivity index (χ1v) is 6.18. The molecule has 0 saturated heterocycles. The molecule has 1 aromatic heterocycles. The van der Waals surface area contributed by atoms with Gasteiger partial charge in [0, 0.05) is 11.4 Å². The summed E-state index contributed by atoms with van der Waals surface area (Å²) in [5.74, 6) is 0. The fourth-order valence-corrected chi connectivity index (χ4v) is 3.22. The largest absolute Gasteiger partial charge is 0.305 e. The van der Waals surface area contributed by atoms with E-state index >= 15 is 0 Å². The van der Waals surface area contributed by atoms with E-state index in [9.17, 15) is 0 Å². The molecule has 0 unspecified atom stereocenters. The molecule has 15 heavy (non-hydrogen) atoms. The summed E-state index contributed by atoms with van der Waals surface area (Å²) in [4.78, 5) is 1.49. The zero-order valence-corrected chi connectivity index (χ0v) is 9.26. The van der Waals surface area contributed by atoms with Gasteiger partial charge in [0.05, 0.1) is 6.04 Å². The van der Waals surface area contributed by atoms with Gasteiger partial charge in [-0.3, -0.25) is 0 Å². The molecule has 0 saturated carbocycles. The molecule has 1 aromatic carbocycles. The van der Waals surface area contributed by atoms with Crippen molar-refractivity contribution in [3.63, 3.8) is 0 Å². The van der Waals surface area contributed by atoms with E-state index in [1.54, 1.807) is 0 Å². The molecule has 3 rings (SSSR count). The van der Waals surface area contributed by atoms with Crippen LogP contribution in [0.4, 0.5) is 0 Å². The third kappa shape index (κ3) is 1.60. The van der Waals surface area contributed by atoms with Crippen LogP contribution in [0.25, 0.3) is 0 Å². The number of hydrogen-bond donors (Lipinski definition) is 1. The summed E-state index contributed by atoms with van der Waals surface area (Å²) in [6.45, 7) is 1.09. The number of benzene rings is 1. The Labute approximate surface area is 93.8 Å². The molecular weight excluding hydrogens is 202 g/mol. The highest BCUT2D eigenvalue weighted by Gasteiger charge is 2.21. The van der Waals surface area contributed by atoms with Crippen molar-refractivity contribution in [3.05, 3.63) is 57.8 Å². The normalized spacial score (nSPS) is 19.9. The quantitative estimate of drug-likeness (QED) is 0.771. The maximum absolute atomic E-state index is 3.59. The fraction of sp³-hybridized carbons (Fsp3) is 0.231. The summed E-state index contributed by atoms with van der Waals surface area (Å²) in [6, 6.07) is 13.4. The number of fused-ring (bicyclic) bond motifs is 1. The number of rotatable bonds is 1. The molecule has 1 atom stereocenters. The summed E-state index contributed by atoms with van der Waals surface area (Å²) >= 11 is 1.87. The van der Waals surface area contributed by atoms with E-state index < -0.39 is 0 Å². The van der Waals surface area contributed by atoms with Crippen molar-refractivity contribution < 1.29 is 0 Å². The number of nitrogens with one attached hydrogen (secondary N) is 1. The average Bonchev–Trinajstić information content (AvgIpc) is 2.78. The summed E-state index contributed by atoms with van der Waals surface area (Å²) in [5, 5.41) is 5.79. The molecule has 1 nitrogen and oxygen atoms in total. The van der Waals surface area contributed by atoms with E-state index in [1.165, 1.54) is 22.4 Å². The minimum atomic E-state index is 0.412. The van der Waals surface area contributed by atoms with E-state index in [2.05, 4.69) is 47.1 Å². The Morgan fingerprint density at radius 3 is 2.87 bits per heavy atom. The lowest BCUT2D eigenvalue weighted by molar-refractivity contribution is 0.578. The predicted molar refractivity (Wildman–Crippen MR) is 64.3 cm³/mol. The van der Waals surface area contributed by atoms with Crippen LogP contribution < -0.4 is 5.32 Å². The van der Waals surface area contributed by atoms with Crippen LogP contribution >= 0.6 is 11.3 Å². The van der Waals surface area contributed by atoms with Crippen LogP contribution in [0.2, 0.25) is 0 Å². The van der Waals surface area contributed by atoms with Gasteiger partial charge < -0.3 is 5.32 Å². The molecule has 0 radical (unpaired) electrons. The van der Waals surface area contributed by atoms with Crippen molar-refractivity contribution in [2.75, 3.05) is 6.54 Å². The van der Waals surface area contributed by atoms with Gasteiger partial charge in [0.15, 0.2) is 0 Å². The van der Waals surface area contributed by atoms with E-state index in [0.29, 0.717) is 6.04 Å². The molecule has 0 aliphatic carbocycles. The zero-order valence-electron chi connectivity index (χ0n) is 8.44. The fourth-order valence-electron chi connectivity index (χ4n) is 2.17. The number of hydrogen-bond acceptors (Lipinski definition) is 2. The summed E-state index contributed by atoms with van der Waals surface area (Å²) in [6.07, 6.45) is 1.17. The third-order valence-corrected chi connectivity index (χ3v) is 3.94. The molecule has 76 valence electrons. The van der Waals surface area contributed by atoms with Gasteiger partial charge in [-0.1, -0.05) is 30.3 Å². The minimum absolute atomic E-state index is 0.412. The van der Waals surface area contributed by atoms with Crippen LogP contribution in [-0.4, -0.2) is 6.54 Å². The van der Waals surface area contributed by atoms with Gasteiger partial charge in [-0.2, -0.15) is 0 Å². The van der Waals surface area contributed by atoms with Gasteiger partial charge in [-0.05, 0) is 29.0 Å². The van der Waals surface area contributed by atoms with Crippen LogP contribution in [0.5, 0.6) is 0 Å². The first-order valence-electron chi connectivity index (χ1n) is 5.30. The minimum Gasteiger partial charge on any atom is -0.305 e. The average molecular weight is 215 g/mol. The standard InChI is InChI=1S/C13H13NS/c1-2-4-10(5-3-1)12-13-11(6-8-14-12)7-9-15-13/h1-5,7,9,12,14H,6,8H2/t12-/m1/s1. The van der Waals surface area contributed by atoms with Crippen molar-refractivity contribution in [1.29, 1.82) is 0 Å². The molecule has 0 fully saturated rings. The van der Waals surface area contributed by atoms with Crippen LogP contribution in [-0.2, 0) is 6.42 Å². The Bertz CT molecular complexity index is 447. The topological polar surface area (TPSA) is 12.0 Å². The molecular formula is C13H13NS. The van der Waals surface area contributed by atoms with Gasteiger partial charge in [0.25, 0.3) is 0 Å². The monoisotopic (exact) mass is 215 g/mol. The number of thiophene rings is 1. The summed E-state index contributed by atoms with van der Waals surface area (Å²) in [5.41, 5.74) is 2.90. The third-order valence-electron chi connectivity index (χ3n) is 2.92. The molecule has 0 spiro atoms. The van der Waals surface area contributed by atoms with Crippen molar-refractivity contribution >= 4 is 11.3 Å². The van der Waals surface area contributed by atoms with Gasteiger partial charge in [-0.25, -0.2) is 0 Å². The molecule has 0 bridgehead atoms. The Morgan fingerprint density at radius 1 is 1.13 bits per heavy atom. The second kappa shape index (κ2) is 3.80. The van der Waals surface area contributed by atoms with Crippen molar-refractivity contribution in [2.24, 2.45) is 0 Å². The zero-order chi connectivity index (χ0) is 10.1. The van der Waals surface area contributed by atoms with E-state index in [0.717, 1.165) is 6.54 Å². The second-order valence-electron chi connectivity index (χ2n) is 3.86.